The van der Waals surface area contributed by atoms with Crippen LogP contribution in [0.5, 0.6) is 23.0 Å². The van der Waals surface area contributed by atoms with Crippen LogP contribution in [-0.4, -0.2) is 39.8 Å². The maximum Gasteiger partial charge on any atom is 0.276 e. The van der Waals surface area contributed by atoms with Crippen molar-refractivity contribution in [3.8, 4) is 23.0 Å². The van der Waals surface area contributed by atoms with E-state index in [0.717, 1.165) is 12.0 Å². The summed E-state index contributed by atoms with van der Waals surface area (Å²) in [5.74, 6) is 0.633. The van der Waals surface area contributed by atoms with Crippen molar-refractivity contribution in [3.05, 3.63) is 47.5 Å². The molecule has 0 spiro atoms. The van der Waals surface area contributed by atoms with Gasteiger partial charge in [-0.2, -0.15) is 0 Å². The van der Waals surface area contributed by atoms with Gasteiger partial charge in [-0.1, -0.05) is 25.1 Å². The molecule has 2 amide bonds. The highest BCUT2D eigenvalue weighted by atomic mass is 16.5. The average molecular weight is 388 g/mol. The van der Waals surface area contributed by atoms with Crippen LogP contribution in [0.2, 0.25) is 0 Å². The number of para-hydroxylation sites is 1. The largest absolute Gasteiger partial charge is 0.493 e. The monoisotopic (exact) mass is 388 g/mol. The lowest BCUT2D eigenvalue weighted by molar-refractivity contribution is -0.123. The molecule has 0 aliphatic carbocycles. The van der Waals surface area contributed by atoms with Crippen molar-refractivity contribution in [2.45, 2.75) is 13.3 Å². The molecule has 8 nitrogen and oxygen atoms in total. The van der Waals surface area contributed by atoms with Gasteiger partial charge in [0.15, 0.2) is 18.1 Å². The predicted molar refractivity (Wildman–Crippen MR) is 103 cm³/mol. The molecule has 0 fully saturated rings. The molecule has 150 valence electrons. The van der Waals surface area contributed by atoms with E-state index in [-0.39, 0.29) is 12.2 Å². The van der Waals surface area contributed by atoms with Crippen molar-refractivity contribution in [1.29, 1.82) is 0 Å². The first-order valence-electron chi connectivity index (χ1n) is 8.63. The van der Waals surface area contributed by atoms with Crippen molar-refractivity contribution in [1.82, 2.24) is 10.9 Å². The zero-order valence-corrected chi connectivity index (χ0v) is 16.3. The quantitative estimate of drug-likeness (QED) is 0.673. The van der Waals surface area contributed by atoms with E-state index in [4.69, 9.17) is 18.9 Å². The van der Waals surface area contributed by atoms with Gasteiger partial charge in [0.25, 0.3) is 11.8 Å². The molecule has 0 aromatic heterocycles. The van der Waals surface area contributed by atoms with Crippen LogP contribution in [0.4, 0.5) is 0 Å². The summed E-state index contributed by atoms with van der Waals surface area (Å²) in [6.45, 7) is 1.77. The van der Waals surface area contributed by atoms with Crippen LogP contribution in [0.3, 0.4) is 0 Å². The number of methoxy groups -OCH3 is 3. The molecule has 0 aliphatic rings. The third-order valence-corrected chi connectivity index (χ3v) is 3.95. The molecule has 0 atom stereocenters. The summed E-state index contributed by atoms with van der Waals surface area (Å²) in [6, 6.07) is 10.4. The van der Waals surface area contributed by atoms with Crippen molar-refractivity contribution < 1.29 is 28.5 Å². The minimum Gasteiger partial charge on any atom is -0.493 e. The summed E-state index contributed by atoms with van der Waals surface area (Å²) in [7, 11) is 4.37. The highest BCUT2D eigenvalue weighted by molar-refractivity contribution is 5.96. The first kappa shape index (κ1) is 20.9. The minimum absolute atomic E-state index is 0.229. The van der Waals surface area contributed by atoms with Gasteiger partial charge in [0, 0.05) is 5.56 Å². The number of carbonyl (C=O) groups is 2. The van der Waals surface area contributed by atoms with Crippen molar-refractivity contribution >= 4 is 11.8 Å². The van der Waals surface area contributed by atoms with Crippen LogP contribution < -0.4 is 29.8 Å². The zero-order valence-electron chi connectivity index (χ0n) is 16.3. The third kappa shape index (κ3) is 5.06. The SMILES string of the molecule is CCc1ccccc1OCC(=O)NNC(=O)c1cc(OC)c(OC)c(OC)c1. The van der Waals surface area contributed by atoms with Gasteiger partial charge in [-0.3, -0.25) is 20.4 Å². The second-order valence-electron chi connectivity index (χ2n) is 5.67. The second-order valence-corrected chi connectivity index (χ2v) is 5.67. The lowest BCUT2D eigenvalue weighted by Crippen LogP contribution is -2.43. The van der Waals surface area contributed by atoms with E-state index in [2.05, 4.69) is 10.9 Å². The second kappa shape index (κ2) is 10.1. The molecule has 0 unspecified atom stereocenters. The molecular formula is C20H24N2O6. The van der Waals surface area contributed by atoms with E-state index in [1.807, 2.05) is 25.1 Å². The fraction of sp³-hybridized carbons (Fsp3) is 0.300. The molecule has 2 N–H and O–H groups in total. The Balaban J connectivity index is 1.97. The van der Waals surface area contributed by atoms with Crippen LogP contribution in [0.15, 0.2) is 36.4 Å². The summed E-state index contributed by atoms with van der Waals surface area (Å²) in [6.07, 6.45) is 0.787. The number of hydrazine groups is 1. The molecule has 0 saturated heterocycles. The third-order valence-electron chi connectivity index (χ3n) is 3.95. The van der Waals surface area contributed by atoms with Gasteiger partial charge in [0.2, 0.25) is 5.75 Å². The number of rotatable bonds is 8. The van der Waals surface area contributed by atoms with Gasteiger partial charge in [-0.05, 0) is 30.2 Å². The van der Waals surface area contributed by atoms with Gasteiger partial charge in [0.1, 0.15) is 5.75 Å². The number of hydrogen-bond donors (Lipinski definition) is 2. The fourth-order valence-electron chi connectivity index (χ4n) is 2.53. The normalized spacial score (nSPS) is 10.0. The molecule has 2 aromatic carbocycles. The Kier molecular flexibility index (Phi) is 7.50. The number of carbonyl (C=O) groups excluding carboxylic acids is 2. The first-order valence-corrected chi connectivity index (χ1v) is 8.63. The molecule has 0 saturated carbocycles. The minimum atomic E-state index is -0.540. The van der Waals surface area contributed by atoms with E-state index in [9.17, 15) is 9.59 Å². The summed E-state index contributed by atoms with van der Waals surface area (Å²) in [4.78, 5) is 24.3. The predicted octanol–water partition coefficient (Wildman–Crippen LogP) is 2.11. The van der Waals surface area contributed by atoms with E-state index in [0.29, 0.717) is 23.0 Å². The number of aryl methyl sites for hydroxylation is 1. The molecular weight excluding hydrogens is 364 g/mol. The summed E-state index contributed by atoms with van der Waals surface area (Å²) in [5, 5.41) is 0. The maximum absolute atomic E-state index is 12.3. The van der Waals surface area contributed by atoms with Gasteiger partial charge >= 0.3 is 0 Å². The van der Waals surface area contributed by atoms with Crippen LogP contribution in [0, 0.1) is 0 Å². The zero-order chi connectivity index (χ0) is 20.5. The Bertz CT molecular complexity index is 812. The van der Waals surface area contributed by atoms with Crippen molar-refractivity contribution in [2.75, 3.05) is 27.9 Å². The van der Waals surface area contributed by atoms with Gasteiger partial charge in [-0.25, -0.2) is 0 Å². The Hall–Kier alpha value is -3.42. The molecule has 0 bridgehead atoms. The highest BCUT2D eigenvalue weighted by Crippen LogP contribution is 2.38. The Morgan fingerprint density at radius 3 is 2.11 bits per heavy atom. The lowest BCUT2D eigenvalue weighted by atomic mass is 10.1. The highest BCUT2D eigenvalue weighted by Gasteiger charge is 2.17. The molecule has 28 heavy (non-hydrogen) atoms. The van der Waals surface area contributed by atoms with Crippen molar-refractivity contribution in [2.24, 2.45) is 0 Å². The van der Waals surface area contributed by atoms with Crippen LogP contribution in [-0.2, 0) is 11.2 Å². The summed E-state index contributed by atoms with van der Waals surface area (Å²) in [5.41, 5.74) is 5.87. The van der Waals surface area contributed by atoms with E-state index in [1.54, 1.807) is 6.07 Å². The fourth-order valence-corrected chi connectivity index (χ4v) is 2.53. The van der Waals surface area contributed by atoms with Crippen LogP contribution in [0.1, 0.15) is 22.8 Å². The lowest BCUT2D eigenvalue weighted by Gasteiger charge is -2.14. The Labute approximate surface area is 163 Å². The van der Waals surface area contributed by atoms with E-state index >= 15 is 0 Å². The average Bonchev–Trinajstić information content (AvgIpc) is 2.74. The molecule has 0 heterocycles. The number of nitrogens with one attached hydrogen (secondary N) is 2. The Morgan fingerprint density at radius 2 is 1.54 bits per heavy atom. The molecule has 2 rings (SSSR count). The van der Waals surface area contributed by atoms with Crippen LogP contribution >= 0.6 is 0 Å². The van der Waals surface area contributed by atoms with E-state index in [1.165, 1.54) is 33.5 Å². The maximum atomic E-state index is 12.3. The number of benzene rings is 2. The number of hydrogen-bond acceptors (Lipinski definition) is 6. The van der Waals surface area contributed by atoms with Gasteiger partial charge in [0.05, 0.1) is 21.3 Å². The standard InChI is InChI=1S/C20H24N2O6/c1-5-13-8-6-7-9-15(13)28-12-18(23)21-22-20(24)14-10-16(25-2)19(27-4)17(11-14)26-3/h6-11H,5,12H2,1-4H3,(H,21,23)(H,22,24). The molecule has 0 radical (unpaired) electrons. The summed E-state index contributed by atoms with van der Waals surface area (Å²) < 4.78 is 21.2. The number of ether oxygens (including phenoxy) is 4. The van der Waals surface area contributed by atoms with E-state index < -0.39 is 11.8 Å². The summed E-state index contributed by atoms with van der Waals surface area (Å²) >= 11 is 0. The molecule has 2 aromatic rings. The molecule has 8 heteroatoms. The van der Waals surface area contributed by atoms with Crippen molar-refractivity contribution in [3.63, 3.8) is 0 Å². The van der Waals surface area contributed by atoms with Gasteiger partial charge in [-0.15, -0.1) is 0 Å². The number of amides is 2. The topological polar surface area (TPSA) is 95.1 Å². The van der Waals surface area contributed by atoms with Gasteiger partial charge < -0.3 is 18.9 Å². The Morgan fingerprint density at radius 1 is 0.893 bits per heavy atom. The first-order chi connectivity index (χ1) is 13.5. The molecule has 0 aliphatic heterocycles. The smallest absolute Gasteiger partial charge is 0.276 e. The van der Waals surface area contributed by atoms with Crippen LogP contribution in [0.25, 0.3) is 0 Å².